The molecule has 1 aliphatic heterocycles. The van der Waals surface area contributed by atoms with Gasteiger partial charge in [-0.25, -0.2) is 0 Å². The van der Waals surface area contributed by atoms with Gasteiger partial charge in [-0.15, -0.1) is 0 Å². The van der Waals surface area contributed by atoms with E-state index >= 15 is 0 Å². The summed E-state index contributed by atoms with van der Waals surface area (Å²) in [5.41, 5.74) is 1.23. The molecule has 2 fully saturated rings. The Hall–Kier alpha value is -0.950. The summed E-state index contributed by atoms with van der Waals surface area (Å²) in [6, 6.07) is 6.12. The van der Waals surface area contributed by atoms with Gasteiger partial charge in [0.2, 0.25) is 0 Å². The second-order valence-corrected chi connectivity index (χ2v) is 9.08. The highest BCUT2D eigenvalue weighted by atomic mass is 32.2. The van der Waals surface area contributed by atoms with Gasteiger partial charge in [0.15, 0.2) is 11.5 Å². The summed E-state index contributed by atoms with van der Waals surface area (Å²) in [5.74, 6) is 4.62. The van der Waals surface area contributed by atoms with Crippen LogP contribution in [-0.2, 0) is 6.54 Å². The van der Waals surface area contributed by atoms with Crippen molar-refractivity contribution in [3.05, 3.63) is 23.8 Å². The van der Waals surface area contributed by atoms with Gasteiger partial charge in [0.25, 0.3) is 0 Å². The number of rotatable bonds is 10. The van der Waals surface area contributed by atoms with E-state index in [1.54, 1.807) is 7.11 Å². The highest BCUT2D eigenvalue weighted by Gasteiger charge is 2.19. The van der Waals surface area contributed by atoms with Crippen LogP contribution in [0.15, 0.2) is 18.2 Å². The lowest BCUT2D eigenvalue weighted by molar-refractivity contribution is 0.0704. The zero-order valence-electron chi connectivity index (χ0n) is 16.7. The molecule has 1 aliphatic carbocycles. The minimum atomic E-state index is -0.480. The van der Waals surface area contributed by atoms with Crippen LogP contribution in [0.4, 0.5) is 0 Å². The summed E-state index contributed by atoms with van der Waals surface area (Å²) >= 11 is 1.98. The Morgan fingerprint density at radius 3 is 2.70 bits per heavy atom. The van der Waals surface area contributed by atoms with Crippen LogP contribution in [0.25, 0.3) is 0 Å². The van der Waals surface area contributed by atoms with Crippen LogP contribution in [0.3, 0.4) is 0 Å². The molecule has 3 rings (SSSR count). The molecule has 1 heterocycles. The van der Waals surface area contributed by atoms with Crippen molar-refractivity contribution in [2.24, 2.45) is 5.92 Å². The van der Waals surface area contributed by atoms with Crippen molar-refractivity contribution in [2.45, 2.75) is 31.9 Å². The molecule has 1 saturated heterocycles. The van der Waals surface area contributed by atoms with Crippen molar-refractivity contribution in [2.75, 3.05) is 58.4 Å². The molecule has 0 radical (unpaired) electrons. The van der Waals surface area contributed by atoms with Gasteiger partial charge < -0.3 is 19.5 Å². The van der Waals surface area contributed by atoms with Gasteiger partial charge in [0.05, 0.1) is 7.11 Å². The van der Waals surface area contributed by atoms with Gasteiger partial charge in [-0.05, 0) is 43.5 Å². The summed E-state index contributed by atoms with van der Waals surface area (Å²) in [5, 5.41) is 10.3. The Balaban J connectivity index is 1.47. The lowest BCUT2D eigenvalue weighted by atomic mass is 9.85. The zero-order chi connectivity index (χ0) is 19.1. The van der Waals surface area contributed by atoms with E-state index in [0.29, 0.717) is 18.9 Å². The topological polar surface area (TPSA) is 45.2 Å². The largest absolute Gasteiger partial charge is 0.493 e. The SMILES string of the molecule is COc1cc(CN(C)CC2CCC2)ccc1OC[C@@H](O)CN1CCSCC1. The molecular formula is C21H34N2O3S. The number of aliphatic hydroxyl groups is 1. The molecular weight excluding hydrogens is 360 g/mol. The van der Waals surface area contributed by atoms with E-state index < -0.39 is 6.10 Å². The molecule has 1 aromatic carbocycles. The van der Waals surface area contributed by atoms with E-state index in [4.69, 9.17) is 9.47 Å². The number of methoxy groups -OCH3 is 1. The maximum Gasteiger partial charge on any atom is 0.161 e. The molecule has 1 N–H and O–H groups in total. The monoisotopic (exact) mass is 394 g/mol. The van der Waals surface area contributed by atoms with E-state index in [1.165, 1.54) is 31.4 Å². The summed E-state index contributed by atoms with van der Waals surface area (Å²) in [7, 11) is 3.86. The first-order valence-electron chi connectivity index (χ1n) is 10.1. The zero-order valence-corrected chi connectivity index (χ0v) is 17.5. The van der Waals surface area contributed by atoms with Crippen LogP contribution in [0.2, 0.25) is 0 Å². The van der Waals surface area contributed by atoms with Gasteiger partial charge in [-0.3, -0.25) is 4.90 Å². The van der Waals surface area contributed by atoms with Crippen LogP contribution in [0, 0.1) is 5.92 Å². The molecule has 1 atom stereocenters. The standard InChI is InChI=1S/C21H34N2O3S/c1-22(13-17-4-3-5-17)14-18-6-7-20(21(12-18)25-2)26-16-19(24)15-23-8-10-27-11-9-23/h6-7,12,17,19,24H,3-5,8-11,13-16H2,1-2H3/t19-/m0/s1. The lowest BCUT2D eigenvalue weighted by Crippen LogP contribution is -2.40. The van der Waals surface area contributed by atoms with Gasteiger partial charge >= 0.3 is 0 Å². The molecule has 6 heteroatoms. The second kappa shape index (κ2) is 10.6. The molecule has 0 aromatic heterocycles. The second-order valence-electron chi connectivity index (χ2n) is 7.86. The third kappa shape index (κ3) is 6.56. The minimum absolute atomic E-state index is 0.293. The fourth-order valence-electron chi connectivity index (χ4n) is 3.74. The van der Waals surface area contributed by atoms with E-state index in [2.05, 4.69) is 29.0 Å². The highest BCUT2D eigenvalue weighted by molar-refractivity contribution is 7.99. The first-order chi connectivity index (χ1) is 13.1. The average Bonchev–Trinajstić information content (AvgIpc) is 2.64. The third-order valence-electron chi connectivity index (χ3n) is 5.48. The average molecular weight is 395 g/mol. The summed E-state index contributed by atoms with van der Waals surface area (Å²) in [6.45, 7) is 5.15. The van der Waals surface area contributed by atoms with Crippen molar-refractivity contribution < 1.29 is 14.6 Å². The molecule has 152 valence electrons. The first-order valence-corrected chi connectivity index (χ1v) is 11.3. The first kappa shape index (κ1) is 20.8. The third-order valence-corrected chi connectivity index (χ3v) is 6.42. The van der Waals surface area contributed by atoms with Crippen molar-refractivity contribution in [3.63, 3.8) is 0 Å². The maximum absolute atomic E-state index is 10.3. The van der Waals surface area contributed by atoms with Crippen LogP contribution in [0.5, 0.6) is 11.5 Å². The maximum atomic E-state index is 10.3. The Kier molecular flexibility index (Phi) is 8.12. The molecule has 1 aromatic rings. The highest BCUT2D eigenvalue weighted by Crippen LogP contribution is 2.30. The Bertz CT molecular complexity index is 577. The Morgan fingerprint density at radius 2 is 2.04 bits per heavy atom. The molecule has 2 aliphatic rings. The predicted molar refractivity (Wildman–Crippen MR) is 112 cm³/mol. The van der Waals surface area contributed by atoms with Gasteiger partial charge in [0, 0.05) is 44.2 Å². The fourth-order valence-corrected chi connectivity index (χ4v) is 4.72. The molecule has 27 heavy (non-hydrogen) atoms. The van der Waals surface area contributed by atoms with Crippen LogP contribution in [-0.4, -0.2) is 79.5 Å². The van der Waals surface area contributed by atoms with Crippen LogP contribution in [0.1, 0.15) is 24.8 Å². The summed E-state index contributed by atoms with van der Waals surface area (Å²) in [4.78, 5) is 4.70. The number of ether oxygens (including phenoxy) is 2. The van der Waals surface area contributed by atoms with Gasteiger partial charge in [-0.1, -0.05) is 12.5 Å². The van der Waals surface area contributed by atoms with Gasteiger partial charge in [-0.2, -0.15) is 11.8 Å². The van der Waals surface area contributed by atoms with Crippen molar-refractivity contribution in [1.82, 2.24) is 9.80 Å². The Morgan fingerprint density at radius 1 is 1.26 bits per heavy atom. The van der Waals surface area contributed by atoms with E-state index in [9.17, 15) is 5.11 Å². The quantitative estimate of drug-likeness (QED) is 0.658. The molecule has 1 saturated carbocycles. The number of β-amino-alcohol motifs (C(OH)–C–C–N with tert-alkyl or cyclic N) is 1. The molecule has 0 unspecified atom stereocenters. The van der Waals surface area contributed by atoms with E-state index in [1.807, 2.05) is 17.8 Å². The summed E-state index contributed by atoms with van der Waals surface area (Å²) < 4.78 is 11.4. The van der Waals surface area contributed by atoms with Crippen LogP contribution < -0.4 is 9.47 Å². The number of hydrogen-bond donors (Lipinski definition) is 1. The van der Waals surface area contributed by atoms with Gasteiger partial charge in [0.1, 0.15) is 12.7 Å². The smallest absolute Gasteiger partial charge is 0.161 e. The number of thioether (sulfide) groups is 1. The number of aliphatic hydroxyl groups excluding tert-OH is 1. The van der Waals surface area contributed by atoms with Crippen molar-refractivity contribution >= 4 is 11.8 Å². The Labute approximate surface area is 168 Å². The van der Waals surface area contributed by atoms with Crippen LogP contribution >= 0.6 is 11.8 Å². The molecule has 5 nitrogen and oxygen atoms in total. The number of nitrogens with zero attached hydrogens (tertiary/aromatic N) is 2. The minimum Gasteiger partial charge on any atom is -0.493 e. The molecule has 0 amide bonds. The molecule has 0 bridgehead atoms. The number of benzene rings is 1. The predicted octanol–water partition coefficient (Wildman–Crippen LogP) is 2.72. The van der Waals surface area contributed by atoms with E-state index in [-0.39, 0.29) is 0 Å². The van der Waals surface area contributed by atoms with Crippen molar-refractivity contribution in [3.8, 4) is 11.5 Å². The molecule has 0 spiro atoms. The summed E-state index contributed by atoms with van der Waals surface area (Å²) in [6.07, 6.45) is 3.66. The fraction of sp³-hybridized carbons (Fsp3) is 0.714. The van der Waals surface area contributed by atoms with E-state index in [0.717, 1.165) is 42.8 Å². The normalized spacial score (nSPS) is 19.7. The lowest BCUT2D eigenvalue weighted by Gasteiger charge is -2.30. The number of hydrogen-bond acceptors (Lipinski definition) is 6. The van der Waals surface area contributed by atoms with Crippen molar-refractivity contribution in [1.29, 1.82) is 0 Å².